The Bertz CT molecular complexity index is 776. The summed E-state index contributed by atoms with van der Waals surface area (Å²) < 4.78 is 52.0. The van der Waals surface area contributed by atoms with Gasteiger partial charge in [0.2, 0.25) is 11.8 Å². The summed E-state index contributed by atoms with van der Waals surface area (Å²) in [7, 11) is 0. The van der Waals surface area contributed by atoms with E-state index in [4.69, 9.17) is 5.73 Å². The Morgan fingerprint density at radius 2 is 1.72 bits per heavy atom. The second kappa shape index (κ2) is 7.33. The van der Waals surface area contributed by atoms with Gasteiger partial charge in [0, 0.05) is 6.42 Å². The van der Waals surface area contributed by atoms with Crippen molar-refractivity contribution < 1.29 is 27.2 Å². The largest absolute Gasteiger partial charge is 0.416 e. The molecular weight excluding hydrogens is 340 g/mol. The van der Waals surface area contributed by atoms with Crippen LogP contribution < -0.4 is 11.1 Å². The molecule has 132 valence electrons. The number of nitrogens with one attached hydrogen (secondary N) is 1. The van der Waals surface area contributed by atoms with Crippen molar-refractivity contribution in [1.29, 1.82) is 0 Å². The second-order valence-corrected chi connectivity index (χ2v) is 5.32. The van der Waals surface area contributed by atoms with Crippen LogP contribution in [0.1, 0.15) is 23.5 Å². The van der Waals surface area contributed by atoms with Gasteiger partial charge >= 0.3 is 6.18 Å². The molecule has 2 rings (SSSR count). The lowest BCUT2D eigenvalue weighted by molar-refractivity contribution is -0.137. The maximum absolute atomic E-state index is 13.8. The summed E-state index contributed by atoms with van der Waals surface area (Å²) >= 11 is 0. The van der Waals surface area contributed by atoms with E-state index < -0.39 is 41.0 Å². The third-order valence-electron chi connectivity index (χ3n) is 3.48. The van der Waals surface area contributed by atoms with Crippen molar-refractivity contribution in [2.75, 3.05) is 5.32 Å². The van der Waals surface area contributed by atoms with Crippen LogP contribution >= 0.6 is 0 Å². The SMILES string of the molecule is NC(=O)C[C@@H](C(=O)Nc1cc(C(F)(F)F)ccc1F)c1ccccc1. The molecule has 0 bridgehead atoms. The minimum Gasteiger partial charge on any atom is -0.370 e. The van der Waals surface area contributed by atoms with Gasteiger partial charge in [-0.1, -0.05) is 30.3 Å². The van der Waals surface area contributed by atoms with Gasteiger partial charge in [-0.15, -0.1) is 0 Å². The van der Waals surface area contributed by atoms with Crippen molar-refractivity contribution in [2.45, 2.75) is 18.5 Å². The summed E-state index contributed by atoms with van der Waals surface area (Å²) in [5, 5.41) is 2.10. The highest BCUT2D eigenvalue weighted by molar-refractivity contribution is 5.98. The average molecular weight is 354 g/mol. The maximum Gasteiger partial charge on any atom is 0.416 e. The predicted molar refractivity (Wildman–Crippen MR) is 83.0 cm³/mol. The molecule has 8 heteroatoms. The van der Waals surface area contributed by atoms with Gasteiger partial charge in [-0.25, -0.2) is 4.39 Å². The number of primary amides is 1. The van der Waals surface area contributed by atoms with Crippen molar-refractivity contribution in [3.63, 3.8) is 0 Å². The highest BCUT2D eigenvalue weighted by atomic mass is 19.4. The number of alkyl halides is 3. The molecule has 0 saturated heterocycles. The lowest BCUT2D eigenvalue weighted by Crippen LogP contribution is -2.26. The molecule has 1 atom stereocenters. The molecule has 2 amide bonds. The van der Waals surface area contributed by atoms with E-state index in [0.717, 1.165) is 0 Å². The van der Waals surface area contributed by atoms with E-state index in [-0.39, 0.29) is 6.42 Å². The standard InChI is InChI=1S/C17H14F4N2O2/c18-13-7-6-11(17(19,20)21)8-14(13)23-16(25)12(9-15(22)24)10-4-2-1-3-5-10/h1-8,12H,9H2,(H2,22,24)(H,23,25)/t12-/m1/s1. The first-order chi connectivity index (χ1) is 11.7. The molecule has 0 aliphatic heterocycles. The molecule has 0 unspecified atom stereocenters. The summed E-state index contributed by atoms with van der Waals surface area (Å²) in [6.07, 6.45) is -5.05. The third-order valence-corrected chi connectivity index (χ3v) is 3.48. The van der Waals surface area contributed by atoms with Crippen molar-refractivity contribution in [2.24, 2.45) is 5.73 Å². The molecule has 25 heavy (non-hydrogen) atoms. The highest BCUT2D eigenvalue weighted by Crippen LogP contribution is 2.32. The zero-order valence-corrected chi connectivity index (χ0v) is 12.8. The van der Waals surface area contributed by atoms with Crippen LogP contribution in [-0.2, 0) is 15.8 Å². The zero-order chi connectivity index (χ0) is 18.6. The molecule has 2 aromatic rings. The summed E-state index contributed by atoms with van der Waals surface area (Å²) in [6, 6.07) is 9.76. The second-order valence-electron chi connectivity index (χ2n) is 5.32. The van der Waals surface area contributed by atoms with Crippen LogP contribution in [0.5, 0.6) is 0 Å². The van der Waals surface area contributed by atoms with E-state index in [1.54, 1.807) is 30.3 Å². The third kappa shape index (κ3) is 4.79. The molecule has 0 aliphatic rings. The van der Waals surface area contributed by atoms with Crippen molar-refractivity contribution in [3.05, 3.63) is 65.5 Å². The average Bonchev–Trinajstić information content (AvgIpc) is 2.54. The number of hydrogen-bond acceptors (Lipinski definition) is 2. The number of nitrogens with two attached hydrogens (primary N) is 1. The van der Waals surface area contributed by atoms with Gasteiger partial charge in [-0.2, -0.15) is 13.2 Å². The number of benzene rings is 2. The van der Waals surface area contributed by atoms with Gasteiger partial charge in [-0.3, -0.25) is 9.59 Å². The molecule has 0 aliphatic carbocycles. The Balaban J connectivity index is 2.31. The molecule has 0 heterocycles. The van der Waals surface area contributed by atoms with Crippen LogP contribution in [0.3, 0.4) is 0 Å². The first kappa shape index (κ1) is 18.4. The van der Waals surface area contributed by atoms with E-state index in [9.17, 15) is 27.2 Å². The monoisotopic (exact) mass is 354 g/mol. The number of anilines is 1. The molecule has 2 aromatic carbocycles. The Morgan fingerprint density at radius 3 is 2.28 bits per heavy atom. The van der Waals surface area contributed by atoms with Crippen LogP contribution in [0.15, 0.2) is 48.5 Å². The fraction of sp³-hybridized carbons (Fsp3) is 0.176. The Kier molecular flexibility index (Phi) is 5.41. The Hall–Kier alpha value is -2.90. The van der Waals surface area contributed by atoms with Crippen LogP contribution in [0, 0.1) is 5.82 Å². The quantitative estimate of drug-likeness (QED) is 0.808. The lowest BCUT2D eigenvalue weighted by atomic mass is 9.94. The molecular formula is C17H14F4N2O2. The minimum atomic E-state index is -4.68. The maximum atomic E-state index is 13.8. The first-order valence-electron chi connectivity index (χ1n) is 7.19. The number of rotatable bonds is 5. The van der Waals surface area contributed by atoms with Gasteiger partial charge in [0.1, 0.15) is 5.82 Å². The molecule has 0 saturated carbocycles. The van der Waals surface area contributed by atoms with Crippen molar-refractivity contribution >= 4 is 17.5 Å². The predicted octanol–water partition coefficient (Wildman–Crippen LogP) is 3.44. The Labute approximate surface area is 140 Å². The van der Waals surface area contributed by atoms with Crippen LogP contribution in [0.2, 0.25) is 0 Å². The van der Waals surface area contributed by atoms with Crippen molar-refractivity contribution in [1.82, 2.24) is 0 Å². The van der Waals surface area contributed by atoms with E-state index in [0.29, 0.717) is 23.8 Å². The Morgan fingerprint density at radius 1 is 1.08 bits per heavy atom. The van der Waals surface area contributed by atoms with Gasteiger partial charge in [0.15, 0.2) is 0 Å². The van der Waals surface area contributed by atoms with Gasteiger partial charge in [0.05, 0.1) is 17.2 Å². The summed E-state index contributed by atoms with van der Waals surface area (Å²) in [6.45, 7) is 0. The fourth-order valence-electron chi connectivity index (χ4n) is 2.27. The summed E-state index contributed by atoms with van der Waals surface area (Å²) in [5.74, 6) is -3.67. The van der Waals surface area contributed by atoms with Crippen LogP contribution in [0.25, 0.3) is 0 Å². The molecule has 0 spiro atoms. The molecule has 4 nitrogen and oxygen atoms in total. The van der Waals surface area contributed by atoms with E-state index in [2.05, 4.69) is 5.32 Å². The van der Waals surface area contributed by atoms with Gasteiger partial charge < -0.3 is 11.1 Å². The smallest absolute Gasteiger partial charge is 0.370 e. The van der Waals surface area contributed by atoms with Gasteiger partial charge in [-0.05, 0) is 23.8 Å². The van der Waals surface area contributed by atoms with Crippen molar-refractivity contribution in [3.8, 4) is 0 Å². The normalized spacial score (nSPS) is 12.5. The number of carbonyl (C=O) groups is 2. The fourth-order valence-corrected chi connectivity index (χ4v) is 2.27. The summed E-state index contributed by atoms with van der Waals surface area (Å²) in [4.78, 5) is 23.6. The number of carbonyl (C=O) groups excluding carboxylic acids is 2. The van der Waals surface area contributed by atoms with E-state index in [1.165, 1.54) is 0 Å². The molecule has 0 radical (unpaired) electrons. The minimum absolute atomic E-state index is 0.365. The zero-order valence-electron chi connectivity index (χ0n) is 12.8. The number of halogens is 4. The lowest BCUT2D eigenvalue weighted by Gasteiger charge is -2.17. The van der Waals surface area contributed by atoms with E-state index >= 15 is 0 Å². The number of amides is 2. The number of hydrogen-bond donors (Lipinski definition) is 2. The summed E-state index contributed by atoms with van der Waals surface area (Å²) in [5.41, 5.74) is 3.85. The molecule has 3 N–H and O–H groups in total. The van der Waals surface area contributed by atoms with Gasteiger partial charge in [0.25, 0.3) is 0 Å². The molecule has 0 fully saturated rings. The van der Waals surface area contributed by atoms with E-state index in [1.807, 2.05) is 0 Å². The highest BCUT2D eigenvalue weighted by Gasteiger charge is 2.32. The van der Waals surface area contributed by atoms with Crippen LogP contribution in [0.4, 0.5) is 23.2 Å². The molecule has 0 aromatic heterocycles. The van der Waals surface area contributed by atoms with Crippen LogP contribution in [-0.4, -0.2) is 11.8 Å². The first-order valence-corrected chi connectivity index (χ1v) is 7.19. The topological polar surface area (TPSA) is 72.2 Å².